The van der Waals surface area contributed by atoms with Crippen LogP contribution in [0.4, 0.5) is 13.2 Å². The second-order valence-electron chi connectivity index (χ2n) is 2.56. The quantitative estimate of drug-likeness (QED) is 0.816. The zero-order valence-corrected chi connectivity index (χ0v) is 7.14. The lowest BCUT2D eigenvalue weighted by molar-refractivity contribution is -0.274. The number of ether oxygens (including phenoxy) is 1. The fourth-order valence-corrected chi connectivity index (χ4v) is 0.994. The molecule has 0 atom stereocenters. The number of aliphatic hydroxyl groups excluding tert-OH is 1. The van der Waals surface area contributed by atoms with Crippen LogP contribution in [0.15, 0.2) is 18.2 Å². The zero-order chi connectivity index (χ0) is 10.6. The van der Waals surface area contributed by atoms with Crippen LogP contribution in [0, 0.1) is 6.07 Å². The molecule has 1 rings (SSSR count). The van der Waals surface area contributed by atoms with E-state index < -0.39 is 6.36 Å². The number of hydrogen-bond acceptors (Lipinski definition) is 2. The number of halogens is 3. The summed E-state index contributed by atoms with van der Waals surface area (Å²) in [7, 11) is 0. The molecule has 0 aromatic heterocycles. The van der Waals surface area contributed by atoms with Gasteiger partial charge in [0.25, 0.3) is 0 Å². The molecule has 0 aliphatic rings. The molecule has 1 radical (unpaired) electrons. The van der Waals surface area contributed by atoms with Crippen molar-refractivity contribution in [3.63, 3.8) is 0 Å². The molecule has 0 fully saturated rings. The predicted molar refractivity (Wildman–Crippen MR) is 42.8 cm³/mol. The maximum atomic E-state index is 11.9. The van der Waals surface area contributed by atoms with Gasteiger partial charge in [-0.3, -0.25) is 0 Å². The van der Waals surface area contributed by atoms with Crippen LogP contribution in [0.1, 0.15) is 5.56 Å². The van der Waals surface area contributed by atoms with Crippen LogP contribution in [-0.4, -0.2) is 18.1 Å². The fourth-order valence-electron chi connectivity index (χ4n) is 0.994. The Morgan fingerprint density at radius 2 is 2.14 bits per heavy atom. The number of aliphatic hydroxyl groups is 1. The normalized spacial score (nSPS) is 11.4. The number of hydrogen-bond donors (Lipinski definition) is 1. The van der Waals surface area contributed by atoms with Gasteiger partial charge < -0.3 is 9.84 Å². The summed E-state index contributed by atoms with van der Waals surface area (Å²) in [5.41, 5.74) is 0.309. The van der Waals surface area contributed by atoms with Crippen LogP contribution in [0.2, 0.25) is 0 Å². The van der Waals surface area contributed by atoms with E-state index in [1.54, 1.807) is 0 Å². The summed E-state index contributed by atoms with van der Waals surface area (Å²) in [5, 5.41) is 8.60. The highest BCUT2D eigenvalue weighted by molar-refractivity contribution is 5.32. The Hall–Kier alpha value is -1.23. The van der Waals surface area contributed by atoms with Crippen molar-refractivity contribution in [1.82, 2.24) is 0 Å². The topological polar surface area (TPSA) is 29.5 Å². The summed E-state index contributed by atoms with van der Waals surface area (Å²) in [6.45, 7) is -0.224. The Balaban J connectivity index is 2.84. The molecular weight excluding hydrogens is 197 g/mol. The van der Waals surface area contributed by atoms with Crippen LogP contribution in [0.5, 0.6) is 5.75 Å². The van der Waals surface area contributed by atoms with Crippen molar-refractivity contribution >= 4 is 0 Å². The lowest BCUT2D eigenvalue weighted by atomic mass is 10.1. The molecule has 0 aliphatic carbocycles. The number of rotatable bonds is 3. The summed E-state index contributed by atoms with van der Waals surface area (Å²) in [6.07, 6.45) is -4.58. The van der Waals surface area contributed by atoms with Crippen molar-refractivity contribution in [1.29, 1.82) is 0 Å². The Morgan fingerprint density at radius 3 is 2.71 bits per heavy atom. The van der Waals surface area contributed by atoms with E-state index in [9.17, 15) is 13.2 Å². The van der Waals surface area contributed by atoms with Gasteiger partial charge >= 0.3 is 6.36 Å². The molecule has 5 heteroatoms. The molecule has 0 saturated heterocycles. The van der Waals surface area contributed by atoms with Gasteiger partial charge in [-0.05, 0) is 24.1 Å². The van der Waals surface area contributed by atoms with Crippen molar-refractivity contribution in [2.24, 2.45) is 0 Å². The Kier molecular flexibility index (Phi) is 3.35. The van der Waals surface area contributed by atoms with Crippen LogP contribution in [-0.2, 0) is 6.42 Å². The third kappa shape index (κ3) is 3.26. The fraction of sp³-hybridized carbons (Fsp3) is 0.333. The first-order valence-corrected chi connectivity index (χ1v) is 3.88. The highest BCUT2D eigenvalue weighted by Crippen LogP contribution is 2.25. The average Bonchev–Trinajstić information content (AvgIpc) is 2.06. The lowest BCUT2D eigenvalue weighted by Gasteiger charge is -2.11. The summed E-state index contributed by atoms with van der Waals surface area (Å²) >= 11 is 0. The van der Waals surface area contributed by atoms with Gasteiger partial charge in [-0.25, -0.2) is 0 Å². The molecule has 0 bridgehead atoms. The predicted octanol–water partition coefficient (Wildman–Crippen LogP) is 1.92. The van der Waals surface area contributed by atoms with Crippen molar-refractivity contribution in [2.45, 2.75) is 12.8 Å². The van der Waals surface area contributed by atoms with E-state index in [-0.39, 0.29) is 18.8 Å². The lowest BCUT2D eigenvalue weighted by Crippen LogP contribution is -2.18. The third-order valence-electron chi connectivity index (χ3n) is 1.52. The molecule has 14 heavy (non-hydrogen) atoms. The molecule has 2 nitrogen and oxygen atoms in total. The standard InChI is InChI=1S/C9H8F3O2/c10-9(11,12)14-8-4-2-1-3-7(8)5-6-13/h1,3-4,13H,5-6H2. The number of alkyl halides is 3. The number of benzene rings is 1. The molecule has 1 N–H and O–H groups in total. The van der Waals surface area contributed by atoms with E-state index >= 15 is 0 Å². The molecular formula is C9H8F3O2. The van der Waals surface area contributed by atoms with Crippen LogP contribution < -0.4 is 4.74 Å². The zero-order valence-electron chi connectivity index (χ0n) is 7.14. The van der Waals surface area contributed by atoms with Crippen LogP contribution in [0.3, 0.4) is 0 Å². The van der Waals surface area contributed by atoms with Gasteiger partial charge in [0.2, 0.25) is 0 Å². The van der Waals surface area contributed by atoms with E-state index in [4.69, 9.17) is 5.11 Å². The van der Waals surface area contributed by atoms with Crippen molar-refractivity contribution in [2.75, 3.05) is 6.61 Å². The highest BCUT2D eigenvalue weighted by atomic mass is 19.4. The van der Waals surface area contributed by atoms with Gasteiger partial charge in [0.1, 0.15) is 5.75 Å². The molecule has 0 unspecified atom stereocenters. The largest absolute Gasteiger partial charge is 0.573 e. The first-order valence-electron chi connectivity index (χ1n) is 3.88. The molecule has 0 aliphatic heterocycles. The van der Waals surface area contributed by atoms with Gasteiger partial charge in [-0.2, -0.15) is 0 Å². The third-order valence-corrected chi connectivity index (χ3v) is 1.52. The Morgan fingerprint density at radius 1 is 1.43 bits per heavy atom. The van der Waals surface area contributed by atoms with E-state index in [1.807, 2.05) is 0 Å². The van der Waals surface area contributed by atoms with E-state index in [0.717, 1.165) is 6.07 Å². The molecule has 1 aromatic rings. The molecule has 0 spiro atoms. The van der Waals surface area contributed by atoms with Gasteiger partial charge in [0.05, 0.1) is 0 Å². The van der Waals surface area contributed by atoms with E-state index in [1.165, 1.54) is 12.1 Å². The maximum Gasteiger partial charge on any atom is 0.573 e. The minimum absolute atomic E-state index is 0.125. The molecule has 0 heterocycles. The highest BCUT2D eigenvalue weighted by Gasteiger charge is 2.31. The molecule has 77 valence electrons. The minimum atomic E-state index is -4.71. The molecule has 1 aromatic carbocycles. The monoisotopic (exact) mass is 205 g/mol. The maximum absolute atomic E-state index is 11.9. The minimum Gasteiger partial charge on any atom is -0.405 e. The van der Waals surface area contributed by atoms with Crippen molar-refractivity contribution < 1.29 is 23.0 Å². The summed E-state index contributed by atoms with van der Waals surface area (Å²) in [6, 6.07) is 6.47. The van der Waals surface area contributed by atoms with Gasteiger partial charge in [-0.1, -0.05) is 12.1 Å². The summed E-state index contributed by atoms with van der Waals surface area (Å²) in [5.74, 6) is -0.311. The molecule has 0 amide bonds. The van der Waals surface area contributed by atoms with Gasteiger partial charge in [0, 0.05) is 6.61 Å². The van der Waals surface area contributed by atoms with Crippen molar-refractivity contribution in [3.05, 3.63) is 29.8 Å². The van der Waals surface area contributed by atoms with Crippen molar-refractivity contribution in [3.8, 4) is 5.75 Å². The summed E-state index contributed by atoms with van der Waals surface area (Å²) in [4.78, 5) is 0. The first-order chi connectivity index (χ1) is 6.53. The van der Waals surface area contributed by atoms with Crippen LogP contribution >= 0.6 is 0 Å². The van der Waals surface area contributed by atoms with Gasteiger partial charge in [0.15, 0.2) is 0 Å². The Bertz CT molecular complexity index is 296. The van der Waals surface area contributed by atoms with E-state index in [2.05, 4.69) is 10.8 Å². The van der Waals surface area contributed by atoms with Gasteiger partial charge in [-0.15, -0.1) is 13.2 Å². The SMILES string of the molecule is OCCc1cc[c]cc1OC(F)(F)F. The smallest absolute Gasteiger partial charge is 0.405 e. The summed E-state index contributed by atoms with van der Waals surface area (Å²) < 4.78 is 39.3. The average molecular weight is 205 g/mol. The molecule has 0 saturated carbocycles. The first kappa shape index (κ1) is 10.8. The second kappa shape index (κ2) is 4.32. The van der Waals surface area contributed by atoms with Crippen LogP contribution in [0.25, 0.3) is 0 Å². The second-order valence-corrected chi connectivity index (χ2v) is 2.56. The van der Waals surface area contributed by atoms with E-state index in [0.29, 0.717) is 5.56 Å². The Labute approximate surface area is 78.9 Å².